The van der Waals surface area contributed by atoms with E-state index in [0.29, 0.717) is 12.1 Å². The largest absolute Gasteiger partial charge is 0.354 e. The first-order valence-corrected chi connectivity index (χ1v) is 10.1. The minimum absolute atomic E-state index is 0.0712. The van der Waals surface area contributed by atoms with E-state index in [4.69, 9.17) is 0 Å². The van der Waals surface area contributed by atoms with Gasteiger partial charge in [0.1, 0.15) is 5.82 Å². The van der Waals surface area contributed by atoms with Crippen molar-refractivity contribution < 1.29 is 18.8 Å². The highest BCUT2D eigenvalue weighted by atomic mass is 19.1. The summed E-state index contributed by atoms with van der Waals surface area (Å²) in [6.07, 6.45) is 1.04. The van der Waals surface area contributed by atoms with Crippen LogP contribution in [-0.2, 0) is 16.0 Å². The van der Waals surface area contributed by atoms with Crippen molar-refractivity contribution in [1.29, 1.82) is 0 Å². The highest BCUT2D eigenvalue weighted by Gasteiger charge is 2.35. The second-order valence-electron chi connectivity index (χ2n) is 7.44. The average Bonchev–Trinajstić information content (AvgIpc) is 3.14. The van der Waals surface area contributed by atoms with Crippen LogP contribution in [0.1, 0.15) is 34.8 Å². The first-order valence-electron chi connectivity index (χ1n) is 10.1. The number of halogens is 1. The fourth-order valence-corrected chi connectivity index (χ4v) is 3.42. The molecule has 1 heterocycles. The van der Waals surface area contributed by atoms with Crippen LogP contribution in [-0.4, -0.2) is 37.4 Å². The van der Waals surface area contributed by atoms with Gasteiger partial charge < -0.3 is 15.5 Å². The zero-order valence-electron chi connectivity index (χ0n) is 17.2. The van der Waals surface area contributed by atoms with E-state index in [1.807, 2.05) is 24.3 Å². The molecule has 0 bridgehead atoms. The van der Waals surface area contributed by atoms with Gasteiger partial charge in [-0.15, -0.1) is 0 Å². The lowest BCUT2D eigenvalue weighted by Crippen LogP contribution is -2.38. The Hall–Kier alpha value is -3.22. The molecule has 1 fully saturated rings. The van der Waals surface area contributed by atoms with Crippen molar-refractivity contribution in [2.75, 3.05) is 24.5 Å². The SMILES string of the molecule is CCc1cccc(N2C[C@H](C(=O)NCCNC(=O)c3ccc(C)c(F)c3)CC2=O)c1. The van der Waals surface area contributed by atoms with E-state index < -0.39 is 17.6 Å². The summed E-state index contributed by atoms with van der Waals surface area (Å²) in [7, 11) is 0. The number of amides is 3. The number of nitrogens with zero attached hydrogens (tertiary/aromatic N) is 1. The van der Waals surface area contributed by atoms with Crippen molar-refractivity contribution in [2.24, 2.45) is 5.92 Å². The smallest absolute Gasteiger partial charge is 0.251 e. The summed E-state index contributed by atoms with van der Waals surface area (Å²) in [6, 6.07) is 12.1. The fraction of sp³-hybridized carbons (Fsp3) is 0.348. The lowest BCUT2D eigenvalue weighted by Gasteiger charge is -2.17. The van der Waals surface area contributed by atoms with Crippen LogP contribution in [0.3, 0.4) is 0 Å². The van der Waals surface area contributed by atoms with Gasteiger partial charge in [0.25, 0.3) is 5.91 Å². The molecule has 1 aliphatic rings. The summed E-state index contributed by atoms with van der Waals surface area (Å²) < 4.78 is 13.6. The summed E-state index contributed by atoms with van der Waals surface area (Å²) in [5, 5.41) is 5.41. The van der Waals surface area contributed by atoms with Crippen LogP contribution < -0.4 is 15.5 Å². The molecule has 3 rings (SSSR count). The molecule has 0 aromatic heterocycles. The van der Waals surface area contributed by atoms with Crippen molar-refractivity contribution >= 4 is 23.4 Å². The fourth-order valence-electron chi connectivity index (χ4n) is 3.42. The number of nitrogens with one attached hydrogen (secondary N) is 2. The number of hydrogen-bond acceptors (Lipinski definition) is 3. The van der Waals surface area contributed by atoms with Crippen molar-refractivity contribution in [2.45, 2.75) is 26.7 Å². The summed E-state index contributed by atoms with van der Waals surface area (Å²) in [5.41, 5.74) is 2.65. The average molecular weight is 411 g/mol. The Morgan fingerprint density at radius 1 is 1.13 bits per heavy atom. The number of hydrogen-bond donors (Lipinski definition) is 2. The Bertz CT molecular complexity index is 960. The van der Waals surface area contributed by atoms with Gasteiger partial charge in [0.15, 0.2) is 0 Å². The summed E-state index contributed by atoms with van der Waals surface area (Å²) >= 11 is 0. The van der Waals surface area contributed by atoms with E-state index in [1.54, 1.807) is 24.0 Å². The zero-order chi connectivity index (χ0) is 21.7. The summed E-state index contributed by atoms with van der Waals surface area (Å²) in [5.74, 6) is -1.55. The molecule has 2 N–H and O–H groups in total. The van der Waals surface area contributed by atoms with Gasteiger partial charge >= 0.3 is 0 Å². The first kappa shape index (κ1) is 21.5. The molecule has 0 spiro atoms. The topological polar surface area (TPSA) is 78.5 Å². The van der Waals surface area contributed by atoms with Crippen LogP contribution in [0.4, 0.5) is 10.1 Å². The monoisotopic (exact) mass is 411 g/mol. The second kappa shape index (κ2) is 9.52. The summed E-state index contributed by atoms with van der Waals surface area (Å²) in [6.45, 7) is 4.46. The Labute approximate surface area is 175 Å². The lowest BCUT2D eigenvalue weighted by atomic mass is 10.1. The van der Waals surface area contributed by atoms with Gasteiger partial charge in [-0.25, -0.2) is 4.39 Å². The van der Waals surface area contributed by atoms with E-state index in [9.17, 15) is 18.8 Å². The van der Waals surface area contributed by atoms with Crippen molar-refractivity contribution in [3.8, 4) is 0 Å². The van der Waals surface area contributed by atoms with Crippen molar-refractivity contribution in [3.05, 3.63) is 65.0 Å². The van der Waals surface area contributed by atoms with Crippen LogP contribution in [0.15, 0.2) is 42.5 Å². The maximum Gasteiger partial charge on any atom is 0.251 e. The molecule has 0 radical (unpaired) electrons. The van der Waals surface area contributed by atoms with E-state index in [0.717, 1.165) is 17.7 Å². The molecule has 1 aliphatic heterocycles. The normalized spacial score (nSPS) is 15.9. The van der Waals surface area contributed by atoms with Gasteiger partial charge in [0, 0.05) is 37.3 Å². The molecule has 30 heavy (non-hydrogen) atoms. The van der Waals surface area contributed by atoms with Crippen LogP contribution in [0.5, 0.6) is 0 Å². The van der Waals surface area contributed by atoms with Crippen LogP contribution >= 0.6 is 0 Å². The molecule has 2 aromatic rings. The third kappa shape index (κ3) is 5.03. The van der Waals surface area contributed by atoms with E-state index in [2.05, 4.69) is 17.6 Å². The Balaban J connectivity index is 1.46. The molecular weight excluding hydrogens is 385 g/mol. The standard InChI is InChI=1S/C23H26FN3O3/c1-3-16-5-4-6-19(11-16)27-14-18(13-21(27)28)23(30)26-10-9-25-22(29)17-8-7-15(2)20(24)12-17/h4-8,11-12,18H,3,9-10,13-14H2,1-2H3,(H,25,29)(H,26,30)/t18-/m1/s1. The van der Waals surface area contributed by atoms with Gasteiger partial charge in [-0.05, 0) is 48.7 Å². The zero-order valence-corrected chi connectivity index (χ0v) is 17.2. The number of aryl methyl sites for hydroxylation is 2. The lowest BCUT2D eigenvalue weighted by molar-refractivity contribution is -0.126. The van der Waals surface area contributed by atoms with Gasteiger partial charge in [-0.3, -0.25) is 14.4 Å². The molecule has 1 saturated heterocycles. The second-order valence-corrected chi connectivity index (χ2v) is 7.44. The van der Waals surface area contributed by atoms with Crippen LogP contribution in [0, 0.1) is 18.7 Å². The van der Waals surface area contributed by atoms with Gasteiger partial charge in [-0.2, -0.15) is 0 Å². The van der Waals surface area contributed by atoms with E-state index in [-0.39, 0.29) is 36.9 Å². The first-order chi connectivity index (χ1) is 14.4. The number of rotatable bonds is 7. The van der Waals surface area contributed by atoms with Gasteiger partial charge in [0.2, 0.25) is 11.8 Å². The number of carbonyl (C=O) groups is 3. The molecule has 158 valence electrons. The molecule has 0 saturated carbocycles. The Morgan fingerprint density at radius 3 is 2.63 bits per heavy atom. The number of benzene rings is 2. The molecule has 3 amide bonds. The molecule has 1 atom stereocenters. The number of carbonyl (C=O) groups excluding carboxylic acids is 3. The van der Waals surface area contributed by atoms with Crippen molar-refractivity contribution in [3.63, 3.8) is 0 Å². The molecule has 0 unspecified atom stereocenters. The third-order valence-electron chi connectivity index (χ3n) is 5.27. The quantitative estimate of drug-likeness (QED) is 0.688. The maximum absolute atomic E-state index is 13.6. The van der Waals surface area contributed by atoms with Gasteiger partial charge in [0.05, 0.1) is 5.92 Å². The van der Waals surface area contributed by atoms with Gasteiger partial charge in [-0.1, -0.05) is 25.1 Å². The van der Waals surface area contributed by atoms with Crippen molar-refractivity contribution in [1.82, 2.24) is 10.6 Å². The highest BCUT2D eigenvalue weighted by Crippen LogP contribution is 2.26. The Kier molecular flexibility index (Phi) is 6.82. The molecular formula is C23H26FN3O3. The minimum Gasteiger partial charge on any atom is -0.354 e. The third-order valence-corrected chi connectivity index (χ3v) is 5.27. The maximum atomic E-state index is 13.6. The molecule has 2 aromatic carbocycles. The Morgan fingerprint density at radius 2 is 1.90 bits per heavy atom. The predicted molar refractivity (Wildman–Crippen MR) is 113 cm³/mol. The van der Waals surface area contributed by atoms with Crippen LogP contribution in [0.2, 0.25) is 0 Å². The van der Waals surface area contributed by atoms with Crippen LogP contribution in [0.25, 0.3) is 0 Å². The van der Waals surface area contributed by atoms with E-state index in [1.165, 1.54) is 6.07 Å². The molecule has 7 heteroatoms. The minimum atomic E-state index is -0.434. The summed E-state index contributed by atoms with van der Waals surface area (Å²) in [4.78, 5) is 38.5. The molecule has 6 nitrogen and oxygen atoms in total. The highest BCUT2D eigenvalue weighted by molar-refractivity contribution is 6.00. The predicted octanol–water partition coefficient (Wildman–Crippen LogP) is 2.60. The molecule has 0 aliphatic carbocycles. The number of anilines is 1. The van der Waals surface area contributed by atoms with E-state index >= 15 is 0 Å².